The average Bonchev–Trinajstić information content (AvgIpc) is 2.28. The first kappa shape index (κ1) is 11.6. The Kier molecular flexibility index (Phi) is 3.35. The Hall–Kier alpha value is -1.93. The summed E-state index contributed by atoms with van der Waals surface area (Å²) in [6.45, 7) is 1.75. The van der Waals surface area contributed by atoms with E-state index in [0.29, 0.717) is 21.7 Å². The summed E-state index contributed by atoms with van der Waals surface area (Å²) in [6.07, 6.45) is 3.06. The van der Waals surface area contributed by atoms with E-state index in [2.05, 4.69) is 25.4 Å². The third-order valence-corrected chi connectivity index (χ3v) is 2.60. The van der Waals surface area contributed by atoms with Gasteiger partial charge in [0.15, 0.2) is 11.0 Å². The predicted molar refractivity (Wildman–Crippen MR) is 63.6 cm³/mol. The molecule has 0 unspecified atom stereocenters. The van der Waals surface area contributed by atoms with Gasteiger partial charge in [-0.1, -0.05) is 0 Å². The second kappa shape index (κ2) is 4.93. The molecule has 0 aromatic carbocycles. The zero-order valence-corrected chi connectivity index (χ0v) is 9.78. The number of aromatic amines is 1. The summed E-state index contributed by atoms with van der Waals surface area (Å²) in [5.41, 5.74) is 2.85. The number of hydrogen-bond donors (Lipinski definition) is 3. The molecular weight excluding hydrogens is 240 g/mol. The van der Waals surface area contributed by atoms with Gasteiger partial charge in [-0.3, -0.25) is 9.78 Å². The predicted octanol–water partition coefficient (Wildman–Crippen LogP) is 0.305. The number of anilines is 1. The zero-order valence-electron chi connectivity index (χ0n) is 8.97. The minimum atomic E-state index is -0.193. The van der Waals surface area contributed by atoms with Crippen molar-refractivity contribution in [2.75, 3.05) is 5.43 Å². The molecule has 17 heavy (non-hydrogen) atoms. The molecule has 2 heterocycles. The maximum absolute atomic E-state index is 11.2. The third-order valence-electron chi connectivity index (χ3n) is 1.81. The Morgan fingerprint density at radius 1 is 1.41 bits per heavy atom. The molecular formula is C9H10N6OS. The summed E-state index contributed by atoms with van der Waals surface area (Å²) in [4.78, 5) is 26.1. The number of aromatic nitrogens is 4. The van der Waals surface area contributed by atoms with Gasteiger partial charge in [0.25, 0.3) is 5.56 Å². The van der Waals surface area contributed by atoms with Gasteiger partial charge in [-0.05, 0) is 18.7 Å². The van der Waals surface area contributed by atoms with E-state index in [-0.39, 0.29) is 5.56 Å². The molecule has 0 spiro atoms. The van der Waals surface area contributed by atoms with E-state index in [0.717, 1.165) is 0 Å². The van der Waals surface area contributed by atoms with Crippen LogP contribution in [0.1, 0.15) is 5.69 Å². The Labute approximate surface area is 101 Å². The quantitative estimate of drug-likeness (QED) is 0.408. The SMILES string of the molecule is Cc1cc(=O)[nH]c(Sc2cncc(NN)n2)n1. The average molecular weight is 250 g/mol. The van der Waals surface area contributed by atoms with Gasteiger partial charge in [0.1, 0.15) is 5.03 Å². The van der Waals surface area contributed by atoms with E-state index in [1.54, 1.807) is 13.1 Å². The van der Waals surface area contributed by atoms with Crippen molar-refractivity contribution in [1.82, 2.24) is 19.9 Å². The minimum Gasteiger partial charge on any atom is -0.307 e. The lowest BCUT2D eigenvalue weighted by molar-refractivity contribution is 0.900. The highest BCUT2D eigenvalue weighted by Crippen LogP contribution is 2.21. The van der Waals surface area contributed by atoms with Crippen molar-refractivity contribution in [2.45, 2.75) is 17.1 Å². The molecule has 7 nitrogen and oxygen atoms in total. The van der Waals surface area contributed by atoms with Gasteiger partial charge in [0.05, 0.1) is 12.4 Å². The molecule has 2 rings (SSSR count). The Bertz CT molecular complexity index is 584. The molecule has 4 N–H and O–H groups in total. The van der Waals surface area contributed by atoms with E-state index in [4.69, 9.17) is 5.84 Å². The lowest BCUT2D eigenvalue weighted by Gasteiger charge is -2.02. The van der Waals surface area contributed by atoms with Crippen molar-refractivity contribution in [1.29, 1.82) is 0 Å². The van der Waals surface area contributed by atoms with Crippen molar-refractivity contribution >= 4 is 17.6 Å². The fraction of sp³-hybridized carbons (Fsp3) is 0.111. The van der Waals surface area contributed by atoms with E-state index in [1.807, 2.05) is 0 Å². The number of aryl methyl sites for hydroxylation is 1. The summed E-state index contributed by atoms with van der Waals surface area (Å²) in [5.74, 6) is 5.67. The van der Waals surface area contributed by atoms with Crippen LogP contribution < -0.4 is 16.8 Å². The van der Waals surface area contributed by atoms with Gasteiger partial charge in [0, 0.05) is 11.8 Å². The van der Waals surface area contributed by atoms with E-state index in [1.165, 1.54) is 24.0 Å². The van der Waals surface area contributed by atoms with Crippen LogP contribution in [-0.2, 0) is 0 Å². The molecule has 0 aliphatic heterocycles. The maximum Gasteiger partial charge on any atom is 0.251 e. The van der Waals surface area contributed by atoms with Crippen LogP contribution in [0, 0.1) is 6.92 Å². The number of nitrogens with two attached hydrogens (primary N) is 1. The van der Waals surface area contributed by atoms with Gasteiger partial charge >= 0.3 is 0 Å². The molecule has 0 amide bonds. The molecule has 0 fully saturated rings. The number of hydrogen-bond acceptors (Lipinski definition) is 7. The number of nitrogens with one attached hydrogen (secondary N) is 2. The van der Waals surface area contributed by atoms with Gasteiger partial charge in [-0.2, -0.15) is 0 Å². The highest BCUT2D eigenvalue weighted by Gasteiger charge is 2.04. The standard InChI is InChI=1S/C9H10N6OS/c1-5-2-7(16)14-9(12-5)17-8-4-11-3-6(13-8)15-10/h2-4H,10H2,1H3,(H,13,15)(H,12,14,16). The Balaban J connectivity index is 2.27. The normalized spacial score (nSPS) is 10.2. The number of nitrogens with zero attached hydrogens (tertiary/aromatic N) is 3. The monoisotopic (exact) mass is 250 g/mol. The van der Waals surface area contributed by atoms with Gasteiger partial charge < -0.3 is 10.4 Å². The fourth-order valence-corrected chi connectivity index (χ4v) is 1.96. The summed E-state index contributed by atoms with van der Waals surface area (Å²) in [5, 5.41) is 1.06. The van der Waals surface area contributed by atoms with Crippen LogP contribution in [0.25, 0.3) is 0 Å². The number of nitrogen functional groups attached to an aromatic ring is 1. The summed E-state index contributed by atoms with van der Waals surface area (Å²) in [6, 6.07) is 1.42. The van der Waals surface area contributed by atoms with Crippen LogP contribution in [0.3, 0.4) is 0 Å². The molecule has 8 heteroatoms. The lowest BCUT2D eigenvalue weighted by Crippen LogP contribution is -2.10. The van der Waals surface area contributed by atoms with Crippen LogP contribution in [0.5, 0.6) is 0 Å². The van der Waals surface area contributed by atoms with Crippen molar-refractivity contribution < 1.29 is 0 Å². The van der Waals surface area contributed by atoms with Crippen molar-refractivity contribution in [3.63, 3.8) is 0 Å². The zero-order chi connectivity index (χ0) is 12.3. The highest BCUT2D eigenvalue weighted by molar-refractivity contribution is 7.99. The van der Waals surface area contributed by atoms with Crippen LogP contribution in [-0.4, -0.2) is 19.9 Å². The van der Waals surface area contributed by atoms with Crippen molar-refractivity contribution in [2.24, 2.45) is 5.84 Å². The van der Waals surface area contributed by atoms with Crippen molar-refractivity contribution in [3.8, 4) is 0 Å². The molecule has 2 aromatic heterocycles. The molecule has 0 atom stereocenters. The van der Waals surface area contributed by atoms with Crippen LogP contribution in [0.15, 0.2) is 33.4 Å². The minimum absolute atomic E-state index is 0.193. The molecule has 2 aromatic rings. The van der Waals surface area contributed by atoms with Crippen molar-refractivity contribution in [3.05, 3.63) is 34.5 Å². The van der Waals surface area contributed by atoms with E-state index in [9.17, 15) is 4.79 Å². The number of rotatable bonds is 3. The molecule has 88 valence electrons. The smallest absolute Gasteiger partial charge is 0.251 e. The van der Waals surface area contributed by atoms with Gasteiger partial charge in [-0.15, -0.1) is 0 Å². The van der Waals surface area contributed by atoms with Crippen LogP contribution >= 0.6 is 11.8 Å². The summed E-state index contributed by atoms with van der Waals surface area (Å²) < 4.78 is 0. The van der Waals surface area contributed by atoms with Crippen LogP contribution in [0.2, 0.25) is 0 Å². The maximum atomic E-state index is 11.2. The van der Waals surface area contributed by atoms with E-state index < -0.39 is 0 Å². The number of H-pyrrole nitrogens is 1. The van der Waals surface area contributed by atoms with E-state index >= 15 is 0 Å². The molecule has 0 aliphatic rings. The molecule has 0 bridgehead atoms. The lowest BCUT2D eigenvalue weighted by atomic mass is 10.5. The first-order valence-electron chi connectivity index (χ1n) is 4.72. The number of hydrazine groups is 1. The topological polar surface area (TPSA) is 110 Å². The Morgan fingerprint density at radius 3 is 2.94 bits per heavy atom. The Morgan fingerprint density at radius 2 is 2.24 bits per heavy atom. The first-order valence-corrected chi connectivity index (χ1v) is 5.53. The summed E-state index contributed by atoms with van der Waals surface area (Å²) in [7, 11) is 0. The second-order valence-corrected chi connectivity index (χ2v) is 4.19. The molecule has 0 saturated heterocycles. The first-order chi connectivity index (χ1) is 8.17. The molecule has 0 saturated carbocycles. The fourth-order valence-electron chi connectivity index (χ4n) is 1.17. The summed E-state index contributed by atoms with van der Waals surface area (Å²) >= 11 is 1.21. The second-order valence-electron chi connectivity index (χ2n) is 3.18. The van der Waals surface area contributed by atoms with Gasteiger partial charge in [-0.25, -0.2) is 15.8 Å². The molecule has 0 radical (unpaired) electrons. The largest absolute Gasteiger partial charge is 0.307 e. The van der Waals surface area contributed by atoms with Crippen LogP contribution in [0.4, 0.5) is 5.82 Å². The molecule has 0 aliphatic carbocycles. The highest BCUT2D eigenvalue weighted by atomic mass is 32.2. The van der Waals surface area contributed by atoms with Gasteiger partial charge in [0.2, 0.25) is 0 Å². The third kappa shape index (κ3) is 3.02.